The summed E-state index contributed by atoms with van der Waals surface area (Å²) in [5.41, 5.74) is 5.00. The molecule has 0 spiro atoms. The smallest absolute Gasteiger partial charge is 0.275 e. The lowest BCUT2D eigenvalue weighted by molar-refractivity contribution is -0.386. The van der Waals surface area contributed by atoms with Gasteiger partial charge < -0.3 is 15.9 Å². The molecule has 15 heavy (non-hydrogen) atoms. The average Bonchev–Trinajstić information content (AvgIpc) is 2.27. The number of aliphatic hydroxyl groups is 2. The summed E-state index contributed by atoms with van der Waals surface area (Å²) in [4.78, 5) is 10.0. The highest BCUT2D eigenvalue weighted by Gasteiger charge is 2.24. The van der Waals surface area contributed by atoms with E-state index in [9.17, 15) is 20.3 Å². The molecule has 6 heteroatoms. The van der Waals surface area contributed by atoms with Crippen LogP contribution in [0.15, 0.2) is 24.3 Å². The molecule has 0 fully saturated rings. The van der Waals surface area contributed by atoms with Gasteiger partial charge in [0, 0.05) is 12.6 Å². The van der Waals surface area contributed by atoms with Crippen LogP contribution >= 0.6 is 0 Å². The van der Waals surface area contributed by atoms with Crippen molar-refractivity contribution in [3.8, 4) is 0 Å². The highest BCUT2D eigenvalue weighted by Crippen LogP contribution is 2.26. The maximum absolute atomic E-state index is 10.6. The van der Waals surface area contributed by atoms with Crippen LogP contribution in [0.3, 0.4) is 0 Å². The van der Waals surface area contributed by atoms with Gasteiger partial charge in [0.2, 0.25) is 0 Å². The molecule has 2 atom stereocenters. The van der Waals surface area contributed by atoms with E-state index in [4.69, 9.17) is 5.73 Å². The highest BCUT2D eigenvalue weighted by atomic mass is 16.6. The van der Waals surface area contributed by atoms with Gasteiger partial charge in [-0.1, -0.05) is 12.1 Å². The number of para-hydroxylation sites is 1. The van der Waals surface area contributed by atoms with E-state index in [-0.39, 0.29) is 17.8 Å². The molecule has 1 aromatic carbocycles. The third kappa shape index (κ3) is 2.50. The minimum atomic E-state index is -1.34. The Kier molecular flexibility index (Phi) is 3.73. The van der Waals surface area contributed by atoms with Crippen LogP contribution in [0.4, 0.5) is 5.69 Å². The molecular weight excluding hydrogens is 200 g/mol. The van der Waals surface area contributed by atoms with Crippen LogP contribution in [0.2, 0.25) is 0 Å². The monoisotopic (exact) mass is 212 g/mol. The summed E-state index contributed by atoms with van der Waals surface area (Å²) in [5, 5.41) is 29.5. The Morgan fingerprint density at radius 2 is 2.00 bits per heavy atom. The Balaban J connectivity index is 3.07. The minimum absolute atomic E-state index is 0.0699. The summed E-state index contributed by atoms with van der Waals surface area (Å²) in [7, 11) is 0. The molecule has 82 valence electrons. The van der Waals surface area contributed by atoms with Crippen molar-refractivity contribution in [2.45, 2.75) is 12.2 Å². The first-order valence-corrected chi connectivity index (χ1v) is 4.37. The predicted molar refractivity (Wildman–Crippen MR) is 53.1 cm³/mol. The van der Waals surface area contributed by atoms with Gasteiger partial charge in [0.05, 0.1) is 16.6 Å². The number of hydrogen-bond acceptors (Lipinski definition) is 5. The summed E-state index contributed by atoms with van der Waals surface area (Å²) >= 11 is 0. The van der Waals surface area contributed by atoms with Gasteiger partial charge in [-0.2, -0.15) is 0 Å². The van der Waals surface area contributed by atoms with E-state index in [1.165, 1.54) is 18.2 Å². The van der Waals surface area contributed by atoms with Crippen LogP contribution in [0.5, 0.6) is 0 Å². The molecule has 0 saturated carbocycles. The van der Waals surface area contributed by atoms with Gasteiger partial charge in [-0.3, -0.25) is 10.1 Å². The first-order valence-electron chi connectivity index (χ1n) is 4.37. The summed E-state index contributed by atoms with van der Waals surface area (Å²) in [6, 6.07) is 5.70. The van der Waals surface area contributed by atoms with Crippen molar-refractivity contribution < 1.29 is 15.1 Å². The zero-order valence-corrected chi connectivity index (χ0v) is 7.91. The maximum atomic E-state index is 10.6. The molecule has 6 nitrogen and oxygen atoms in total. The van der Waals surface area contributed by atoms with Crippen LogP contribution < -0.4 is 5.73 Å². The van der Waals surface area contributed by atoms with Crippen LogP contribution in [-0.2, 0) is 0 Å². The summed E-state index contributed by atoms with van der Waals surface area (Å²) in [6.45, 7) is -0.160. The first kappa shape index (κ1) is 11.6. The fourth-order valence-corrected chi connectivity index (χ4v) is 1.24. The van der Waals surface area contributed by atoms with Crippen LogP contribution in [0.25, 0.3) is 0 Å². The van der Waals surface area contributed by atoms with Crippen molar-refractivity contribution in [2.75, 3.05) is 6.54 Å². The van der Waals surface area contributed by atoms with Crippen molar-refractivity contribution in [1.29, 1.82) is 0 Å². The average molecular weight is 212 g/mol. The SMILES string of the molecule is NCC(O)C(O)c1ccccc1[N+](=O)[O-]. The lowest BCUT2D eigenvalue weighted by Crippen LogP contribution is -2.27. The Bertz CT molecular complexity index is 356. The van der Waals surface area contributed by atoms with Gasteiger partial charge in [-0.05, 0) is 6.07 Å². The topological polar surface area (TPSA) is 110 Å². The van der Waals surface area contributed by atoms with Gasteiger partial charge in [-0.15, -0.1) is 0 Å². The standard InChI is InChI=1S/C9H12N2O4/c10-5-8(12)9(13)6-3-1-2-4-7(6)11(14)15/h1-4,8-9,12-13H,5,10H2. The fraction of sp³-hybridized carbons (Fsp3) is 0.333. The number of benzene rings is 1. The summed E-state index contributed by atoms with van der Waals surface area (Å²) < 4.78 is 0. The van der Waals surface area contributed by atoms with E-state index in [1.807, 2.05) is 0 Å². The number of nitrogens with two attached hydrogens (primary N) is 1. The van der Waals surface area contributed by atoms with Crippen molar-refractivity contribution >= 4 is 5.69 Å². The molecule has 0 radical (unpaired) electrons. The van der Waals surface area contributed by atoms with Crippen molar-refractivity contribution in [3.63, 3.8) is 0 Å². The zero-order valence-electron chi connectivity index (χ0n) is 7.91. The molecule has 0 saturated heterocycles. The second-order valence-electron chi connectivity index (χ2n) is 3.06. The number of hydrogen-bond donors (Lipinski definition) is 3. The van der Waals surface area contributed by atoms with E-state index < -0.39 is 17.1 Å². The number of nitro benzene ring substituents is 1. The predicted octanol–water partition coefficient (Wildman–Crippen LogP) is -0.0522. The van der Waals surface area contributed by atoms with Gasteiger partial charge in [0.15, 0.2) is 0 Å². The van der Waals surface area contributed by atoms with Gasteiger partial charge in [0.1, 0.15) is 6.10 Å². The van der Waals surface area contributed by atoms with E-state index in [1.54, 1.807) is 6.07 Å². The molecular formula is C9H12N2O4. The first-order chi connectivity index (χ1) is 7.07. The summed E-state index contributed by atoms with van der Waals surface area (Å²) in [5.74, 6) is 0. The molecule has 0 aliphatic carbocycles. The minimum Gasteiger partial charge on any atom is -0.389 e. The Hall–Kier alpha value is -1.50. The number of aliphatic hydroxyl groups excluding tert-OH is 2. The molecule has 0 aromatic heterocycles. The quantitative estimate of drug-likeness (QED) is 0.478. The Morgan fingerprint density at radius 1 is 1.40 bits per heavy atom. The van der Waals surface area contributed by atoms with Crippen LogP contribution in [0.1, 0.15) is 11.7 Å². The van der Waals surface area contributed by atoms with Crippen LogP contribution in [0, 0.1) is 10.1 Å². The normalized spacial score (nSPS) is 14.6. The van der Waals surface area contributed by atoms with Crippen molar-refractivity contribution in [1.82, 2.24) is 0 Å². The van der Waals surface area contributed by atoms with E-state index in [0.717, 1.165) is 0 Å². The number of nitro groups is 1. The second-order valence-corrected chi connectivity index (χ2v) is 3.06. The zero-order chi connectivity index (χ0) is 11.4. The van der Waals surface area contributed by atoms with Crippen molar-refractivity contribution in [2.24, 2.45) is 5.73 Å². The molecule has 0 aliphatic rings. The maximum Gasteiger partial charge on any atom is 0.275 e. The molecule has 0 heterocycles. The van der Waals surface area contributed by atoms with Crippen LogP contribution in [-0.4, -0.2) is 27.8 Å². The third-order valence-corrected chi connectivity index (χ3v) is 2.06. The highest BCUT2D eigenvalue weighted by molar-refractivity contribution is 5.41. The largest absolute Gasteiger partial charge is 0.389 e. The fourth-order valence-electron chi connectivity index (χ4n) is 1.24. The van der Waals surface area contributed by atoms with E-state index >= 15 is 0 Å². The molecule has 1 rings (SSSR count). The van der Waals surface area contributed by atoms with E-state index in [0.29, 0.717) is 0 Å². The summed E-state index contributed by atoms with van der Waals surface area (Å²) in [6.07, 6.45) is -2.54. The van der Waals surface area contributed by atoms with Gasteiger partial charge in [0.25, 0.3) is 5.69 Å². The molecule has 4 N–H and O–H groups in total. The van der Waals surface area contributed by atoms with Gasteiger partial charge >= 0.3 is 0 Å². The van der Waals surface area contributed by atoms with Gasteiger partial charge in [-0.25, -0.2) is 0 Å². The van der Waals surface area contributed by atoms with Crippen molar-refractivity contribution in [3.05, 3.63) is 39.9 Å². The number of rotatable bonds is 4. The molecule has 0 aliphatic heterocycles. The Labute approximate surface area is 86.1 Å². The van der Waals surface area contributed by atoms with E-state index in [2.05, 4.69) is 0 Å². The molecule has 0 amide bonds. The number of nitrogens with zero attached hydrogens (tertiary/aromatic N) is 1. The molecule has 2 unspecified atom stereocenters. The second kappa shape index (κ2) is 4.83. The third-order valence-electron chi connectivity index (χ3n) is 2.06. The lowest BCUT2D eigenvalue weighted by atomic mass is 10.0. The Morgan fingerprint density at radius 3 is 2.53 bits per heavy atom. The molecule has 0 bridgehead atoms. The lowest BCUT2D eigenvalue weighted by Gasteiger charge is -2.15. The molecule has 1 aromatic rings.